The topological polar surface area (TPSA) is 87.1 Å². The molecule has 188 valence electrons. The van der Waals surface area contributed by atoms with Gasteiger partial charge in [0.1, 0.15) is 5.75 Å². The summed E-state index contributed by atoms with van der Waals surface area (Å²) >= 11 is 6.31. The summed E-state index contributed by atoms with van der Waals surface area (Å²) < 4.78 is 6.06. The number of fused-ring (bicyclic) bond motifs is 3. The van der Waals surface area contributed by atoms with Crippen LogP contribution in [0.4, 0.5) is 0 Å². The van der Waals surface area contributed by atoms with E-state index in [1.54, 1.807) is 12.1 Å². The molecule has 2 saturated heterocycles. The van der Waals surface area contributed by atoms with E-state index in [9.17, 15) is 19.7 Å². The highest BCUT2D eigenvalue weighted by Gasteiger charge is 2.56. The van der Waals surface area contributed by atoms with Crippen LogP contribution in [0.5, 0.6) is 5.75 Å². The molecule has 0 aromatic heterocycles. The first-order chi connectivity index (χ1) is 16.8. The largest absolute Gasteiger partial charge is 0.508 e. The molecule has 4 rings (SSSR count). The maximum atomic E-state index is 13.3. The second kappa shape index (κ2) is 10.9. The van der Waals surface area contributed by atoms with E-state index in [-0.39, 0.29) is 35.5 Å². The van der Waals surface area contributed by atoms with Crippen LogP contribution in [-0.2, 0) is 14.2 Å². The zero-order valence-corrected chi connectivity index (χ0v) is 21.6. The van der Waals surface area contributed by atoms with Crippen molar-refractivity contribution < 1.29 is 24.4 Å². The molecule has 2 heterocycles. The van der Waals surface area contributed by atoms with E-state index in [0.717, 1.165) is 36.8 Å². The van der Waals surface area contributed by atoms with E-state index < -0.39 is 13.0 Å². The van der Waals surface area contributed by atoms with Gasteiger partial charge in [-0.25, -0.2) is 0 Å². The minimum absolute atomic E-state index is 0.0497. The molecule has 0 spiro atoms. The maximum absolute atomic E-state index is 13.3. The van der Waals surface area contributed by atoms with Crippen molar-refractivity contribution in [3.05, 3.63) is 45.5 Å². The summed E-state index contributed by atoms with van der Waals surface area (Å²) in [6, 6.07) is 4.95. The fourth-order valence-electron chi connectivity index (χ4n) is 6.13. The van der Waals surface area contributed by atoms with Crippen LogP contribution >= 0.6 is 11.6 Å². The van der Waals surface area contributed by atoms with Gasteiger partial charge >= 0.3 is 7.12 Å². The van der Waals surface area contributed by atoms with Gasteiger partial charge in [0, 0.05) is 6.54 Å². The lowest BCUT2D eigenvalue weighted by Gasteiger charge is -2.43. The number of likely N-dealkylation sites (tertiary alicyclic amines) is 1. The highest BCUT2D eigenvalue weighted by Crippen LogP contribution is 2.51. The number of hydrogen-bond donors (Lipinski definition) is 2. The highest BCUT2D eigenvalue weighted by molar-refractivity contribution is 6.43. The first-order valence-corrected chi connectivity index (χ1v) is 13.2. The summed E-state index contributed by atoms with van der Waals surface area (Å²) in [6.45, 7) is 6.62. The Morgan fingerprint density at radius 2 is 2.00 bits per heavy atom. The molecule has 0 bridgehead atoms. The van der Waals surface area contributed by atoms with Crippen LogP contribution in [-0.4, -0.2) is 46.6 Å². The molecule has 8 heteroatoms. The predicted molar refractivity (Wildman–Crippen MR) is 138 cm³/mol. The maximum Gasteiger partial charge on any atom is 0.455 e. The summed E-state index contributed by atoms with van der Waals surface area (Å²) in [7, 11) is -0.950. The van der Waals surface area contributed by atoms with Crippen LogP contribution in [0.25, 0.3) is 6.08 Å². The second-order valence-electron chi connectivity index (χ2n) is 9.90. The quantitative estimate of drug-likeness (QED) is 0.290. The van der Waals surface area contributed by atoms with Crippen LogP contribution < -0.4 is 0 Å². The Labute approximate surface area is 213 Å². The number of phenolic OH excluding ortho intramolecular Hbond substituents is 1. The summed E-state index contributed by atoms with van der Waals surface area (Å²) in [4.78, 5) is 27.8. The minimum atomic E-state index is -0.950. The molecule has 0 unspecified atom stereocenters. The lowest BCUT2D eigenvalue weighted by Crippen LogP contribution is -2.46. The zero-order valence-electron chi connectivity index (χ0n) is 20.8. The van der Waals surface area contributed by atoms with Gasteiger partial charge in [-0.1, -0.05) is 49.6 Å². The Morgan fingerprint density at radius 1 is 1.23 bits per heavy atom. The Hall–Kier alpha value is -2.09. The zero-order chi connectivity index (χ0) is 25.3. The fraction of sp³-hybridized carbons (Fsp3) is 0.556. The number of phenols is 1. The lowest BCUT2D eigenvalue weighted by atomic mass is 9.58. The Morgan fingerprint density at radius 3 is 2.66 bits per heavy atom. The average Bonchev–Trinajstić information content (AvgIpc) is 3.07. The molecular formula is C27H35BClNO5. The van der Waals surface area contributed by atoms with Gasteiger partial charge in [0.05, 0.1) is 23.0 Å². The van der Waals surface area contributed by atoms with Crippen molar-refractivity contribution in [3.8, 4) is 5.75 Å². The van der Waals surface area contributed by atoms with Crippen molar-refractivity contribution in [1.82, 2.24) is 4.90 Å². The number of amides is 2. The number of benzene rings is 1. The number of aromatic hydroxyl groups is 1. The third kappa shape index (κ3) is 5.09. The fourth-order valence-corrected chi connectivity index (χ4v) is 6.36. The molecular weight excluding hydrogens is 465 g/mol. The molecule has 35 heavy (non-hydrogen) atoms. The first-order valence-electron chi connectivity index (χ1n) is 12.9. The molecule has 6 nitrogen and oxygen atoms in total. The monoisotopic (exact) mass is 499 g/mol. The van der Waals surface area contributed by atoms with Crippen molar-refractivity contribution in [2.75, 3.05) is 6.54 Å². The summed E-state index contributed by atoms with van der Waals surface area (Å²) in [5.41, 5.74) is 4.38. The third-order valence-corrected chi connectivity index (χ3v) is 8.13. The van der Waals surface area contributed by atoms with Crippen LogP contribution in [0.1, 0.15) is 64.9 Å². The van der Waals surface area contributed by atoms with Crippen molar-refractivity contribution in [2.45, 2.75) is 71.7 Å². The molecule has 2 amide bonds. The van der Waals surface area contributed by atoms with Gasteiger partial charge in [0.15, 0.2) is 0 Å². The van der Waals surface area contributed by atoms with Crippen molar-refractivity contribution in [2.24, 2.45) is 17.8 Å². The second-order valence-corrected chi connectivity index (χ2v) is 10.3. The van der Waals surface area contributed by atoms with E-state index >= 15 is 0 Å². The Bertz CT molecular complexity index is 1050. The molecule has 0 saturated carbocycles. The Balaban J connectivity index is 1.59. The normalized spacial score (nSPS) is 26.9. The van der Waals surface area contributed by atoms with Gasteiger partial charge < -0.3 is 14.8 Å². The molecule has 2 fully saturated rings. The SMILES string of the molecule is CCCN1C(=O)[C@@H]2[C@@H](CC(CC)=C3[C@@H](CC/C(=C/c4ccc(O)cc4Cl)CC)OB(O)C[C@@H]32)C1=O. The lowest BCUT2D eigenvalue weighted by molar-refractivity contribution is -0.140. The smallest absolute Gasteiger partial charge is 0.455 e. The number of carbonyl (C=O) groups is 2. The van der Waals surface area contributed by atoms with Gasteiger partial charge in [-0.3, -0.25) is 14.5 Å². The molecule has 4 atom stereocenters. The van der Waals surface area contributed by atoms with E-state index in [2.05, 4.69) is 13.8 Å². The molecule has 2 N–H and O–H groups in total. The standard InChI is InChI=1S/C27H35BClNO5/c1-4-11-30-26(32)20-13-17(6-3)24-21(25(20)27(30)33)15-28(34)35-23(24)10-7-16(5-2)12-18-8-9-19(31)14-22(18)29/h8-9,12,14,20-21,23,25,31,34H,4-7,10-11,13,15H2,1-3H3/b16-12+/t20-,21+,23-,25-/m1/s1. The number of hydrogen-bond acceptors (Lipinski definition) is 5. The number of rotatable bonds is 8. The van der Waals surface area contributed by atoms with E-state index in [4.69, 9.17) is 16.3 Å². The van der Waals surface area contributed by atoms with Gasteiger partial charge in [0.25, 0.3) is 0 Å². The van der Waals surface area contributed by atoms with Crippen LogP contribution in [0, 0.1) is 17.8 Å². The van der Waals surface area contributed by atoms with Crippen molar-refractivity contribution in [1.29, 1.82) is 0 Å². The molecule has 1 aliphatic carbocycles. The third-order valence-electron chi connectivity index (χ3n) is 7.80. The molecule has 2 aliphatic heterocycles. The van der Waals surface area contributed by atoms with Gasteiger partial charge in [-0.2, -0.15) is 0 Å². The minimum Gasteiger partial charge on any atom is -0.508 e. The van der Waals surface area contributed by atoms with Crippen molar-refractivity contribution in [3.63, 3.8) is 0 Å². The van der Waals surface area contributed by atoms with E-state index in [0.29, 0.717) is 30.7 Å². The highest BCUT2D eigenvalue weighted by atomic mass is 35.5. The van der Waals surface area contributed by atoms with Crippen LogP contribution in [0.3, 0.4) is 0 Å². The van der Waals surface area contributed by atoms with Gasteiger partial charge in [0.2, 0.25) is 11.8 Å². The number of nitrogens with zero attached hydrogens (tertiary/aromatic N) is 1. The molecule has 0 radical (unpaired) electrons. The van der Waals surface area contributed by atoms with Gasteiger partial charge in [-0.15, -0.1) is 0 Å². The van der Waals surface area contributed by atoms with Crippen molar-refractivity contribution >= 4 is 36.6 Å². The van der Waals surface area contributed by atoms with Gasteiger partial charge in [-0.05, 0) is 80.1 Å². The summed E-state index contributed by atoms with van der Waals surface area (Å²) in [6.07, 6.45) is 6.54. The number of carbonyl (C=O) groups excluding carboxylic acids is 2. The first kappa shape index (κ1) is 26.0. The van der Waals surface area contributed by atoms with E-state index in [1.807, 2.05) is 13.0 Å². The number of allylic oxidation sites excluding steroid dienone is 2. The average molecular weight is 500 g/mol. The number of halogens is 1. The summed E-state index contributed by atoms with van der Waals surface area (Å²) in [5.74, 6) is -0.858. The molecule has 1 aromatic carbocycles. The van der Waals surface area contributed by atoms with Crippen LogP contribution in [0.15, 0.2) is 34.9 Å². The predicted octanol–water partition coefficient (Wildman–Crippen LogP) is 5.24. The number of imide groups is 1. The van der Waals surface area contributed by atoms with E-state index in [1.165, 1.54) is 22.1 Å². The molecule has 3 aliphatic rings. The van der Waals surface area contributed by atoms with Crippen LogP contribution in [0.2, 0.25) is 11.3 Å². The Kier molecular flexibility index (Phi) is 8.09. The molecule has 1 aromatic rings. The summed E-state index contributed by atoms with van der Waals surface area (Å²) in [5, 5.41) is 20.8.